The lowest BCUT2D eigenvalue weighted by Gasteiger charge is -2.10. The molecule has 0 fully saturated rings. The summed E-state index contributed by atoms with van der Waals surface area (Å²) in [5.74, 6) is -0.171. The highest BCUT2D eigenvalue weighted by molar-refractivity contribution is 5.86. The van der Waals surface area contributed by atoms with Crippen LogP contribution in [-0.2, 0) is 6.18 Å². The zero-order chi connectivity index (χ0) is 15.5. The first-order valence-electron chi connectivity index (χ1n) is 6.07. The average Bonchev–Trinajstić information content (AvgIpc) is 2.37. The molecule has 0 saturated carbocycles. The van der Waals surface area contributed by atoms with Crippen molar-refractivity contribution in [2.75, 3.05) is 5.32 Å². The van der Waals surface area contributed by atoms with Crippen LogP contribution in [-0.4, -0.2) is 6.09 Å². The first-order valence-corrected chi connectivity index (χ1v) is 6.07. The summed E-state index contributed by atoms with van der Waals surface area (Å²) in [7, 11) is 0. The lowest BCUT2D eigenvalue weighted by atomic mass is 10.2. The van der Waals surface area contributed by atoms with Gasteiger partial charge < -0.3 is 4.74 Å². The van der Waals surface area contributed by atoms with Gasteiger partial charge in [-0.2, -0.15) is 13.2 Å². The van der Waals surface area contributed by atoms with Crippen molar-refractivity contribution in [2.24, 2.45) is 0 Å². The van der Waals surface area contributed by atoms with Gasteiger partial charge in [0.05, 0.1) is 5.56 Å². The van der Waals surface area contributed by atoms with Crippen LogP contribution in [0.25, 0.3) is 0 Å². The molecule has 0 atom stereocenters. The predicted octanol–water partition coefficient (Wildman–Crippen LogP) is 4.62. The van der Waals surface area contributed by atoms with Crippen LogP contribution in [0.1, 0.15) is 11.1 Å². The van der Waals surface area contributed by atoms with Gasteiger partial charge in [-0.3, -0.25) is 5.32 Å². The molecular weight excluding hydrogens is 283 g/mol. The molecule has 3 nitrogen and oxygen atoms in total. The fourth-order valence-corrected chi connectivity index (χ4v) is 1.71. The van der Waals surface area contributed by atoms with Crippen LogP contribution < -0.4 is 10.1 Å². The molecule has 2 rings (SSSR count). The fraction of sp³-hybridized carbons (Fsp3) is 0.133. The van der Waals surface area contributed by atoms with E-state index in [9.17, 15) is 18.0 Å². The zero-order valence-corrected chi connectivity index (χ0v) is 11.1. The van der Waals surface area contributed by atoms with Crippen molar-refractivity contribution in [3.05, 3.63) is 59.7 Å². The largest absolute Gasteiger partial charge is 0.417 e. The number of hydrogen-bond acceptors (Lipinski definition) is 2. The van der Waals surface area contributed by atoms with Crippen molar-refractivity contribution in [2.45, 2.75) is 13.1 Å². The maximum absolute atomic E-state index is 12.5. The zero-order valence-electron chi connectivity index (χ0n) is 11.1. The molecule has 0 aliphatic rings. The van der Waals surface area contributed by atoms with Crippen molar-refractivity contribution in [3.8, 4) is 5.75 Å². The van der Waals surface area contributed by atoms with Gasteiger partial charge in [-0.15, -0.1) is 0 Å². The number of carbonyl (C=O) groups is 1. The predicted molar refractivity (Wildman–Crippen MR) is 72.3 cm³/mol. The van der Waals surface area contributed by atoms with Crippen LogP contribution in [0.2, 0.25) is 0 Å². The van der Waals surface area contributed by atoms with Gasteiger partial charge in [0, 0.05) is 5.69 Å². The molecule has 0 unspecified atom stereocenters. The molecule has 21 heavy (non-hydrogen) atoms. The van der Waals surface area contributed by atoms with E-state index in [2.05, 4.69) is 5.32 Å². The molecule has 0 spiro atoms. The van der Waals surface area contributed by atoms with Gasteiger partial charge in [0.2, 0.25) is 0 Å². The third-order valence-electron chi connectivity index (χ3n) is 2.64. The second kappa shape index (κ2) is 5.87. The molecule has 0 saturated heterocycles. The first kappa shape index (κ1) is 14.9. The molecule has 0 bridgehead atoms. The number of halogens is 3. The minimum Gasteiger partial charge on any atom is -0.410 e. The summed E-state index contributed by atoms with van der Waals surface area (Å²) in [5, 5.41) is 2.45. The van der Waals surface area contributed by atoms with Gasteiger partial charge in [0.25, 0.3) is 0 Å². The summed E-state index contributed by atoms with van der Waals surface area (Å²) in [5.41, 5.74) is 0.571. The van der Waals surface area contributed by atoms with E-state index >= 15 is 0 Å². The number of ether oxygens (including phenoxy) is 1. The van der Waals surface area contributed by atoms with Crippen LogP contribution in [0.3, 0.4) is 0 Å². The second-order valence-electron chi connectivity index (χ2n) is 4.41. The fourth-order valence-electron chi connectivity index (χ4n) is 1.71. The van der Waals surface area contributed by atoms with E-state index in [1.807, 2.05) is 13.0 Å². The Balaban J connectivity index is 2.06. The molecular formula is C15H12F3NO2. The molecule has 0 aromatic heterocycles. The number of nitrogens with one attached hydrogen (secondary N) is 1. The van der Waals surface area contributed by atoms with Crippen molar-refractivity contribution in [1.82, 2.24) is 0 Å². The molecule has 0 heterocycles. The van der Waals surface area contributed by atoms with Crippen molar-refractivity contribution in [1.29, 1.82) is 0 Å². The van der Waals surface area contributed by atoms with E-state index in [-0.39, 0.29) is 5.75 Å². The van der Waals surface area contributed by atoms with E-state index < -0.39 is 17.8 Å². The Kier molecular flexibility index (Phi) is 4.16. The minimum absolute atomic E-state index is 0.171. The molecule has 1 amide bonds. The monoisotopic (exact) mass is 295 g/mol. The molecule has 0 radical (unpaired) electrons. The normalized spacial score (nSPS) is 11.0. The number of rotatable bonds is 2. The molecule has 1 N–H and O–H groups in total. The van der Waals surface area contributed by atoms with Crippen LogP contribution >= 0.6 is 0 Å². The summed E-state index contributed by atoms with van der Waals surface area (Å²) in [6, 6.07) is 11.1. The van der Waals surface area contributed by atoms with E-state index in [4.69, 9.17) is 4.74 Å². The summed E-state index contributed by atoms with van der Waals surface area (Å²) >= 11 is 0. The van der Waals surface area contributed by atoms with E-state index in [1.54, 1.807) is 18.2 Å². The summed E-state index contributed by atoms with van der Waals surface area (Å²) in [6.07, 6.45) is -5.33. The Morgan fingerprint density at radius 1 is 1.10 bits per heavy atom. The van der Waals surface area contributed by atoms with Crippen LogP contribution in [0.4, 0.5) is 23.7 Å². The number of anilines is 1. The third-order valence-corrected chi connectivity index (χ3v) is 2.64. The summed E-state index contributed by atoms with van der Waals surface area (Å²) < 4.78 is 42.5. The van der Waals surface area contributed by atoms with Gasteiger partial charge in [-0.1, -0.05) is 18.2 Å². The van der Waals surface area contributed by atoms with Crippen molar-refractivity contribution >= 4 is 11.8 Å². The summed E-state index contributed by atoms with van der Waals surface area (Å²) in [6.45, 7) is 1.85. The number of alkyl halides is 3. The smallest absolute Gasteiger partial charge is 0.410 e. The van der Waals surface area contributed by atoms with Crippen LogP contribution in [0.5, 0.6) is 5.75 Å². The minimum atomic E-state index is -4.48. The molecule has 110 valence electrons. The van der Waals surface area contributed by atoms with Crippen molar-refractivity contribution < 1.29 is 22.7 Å². The Hall–Kier alpha value is -2.50. The lowest BCUT2D eigenvalue weighted by molar-refractivity contribution is -0.137. The number of benzene rings is 2. The number of amides is 1. The van der Waals surface area contributed by atoms with Crippen LogP contribution in [0.15, 0.2) is 48.5 Å². The number of aryl methyl sites for hydroxylation is 1. The maximum atomic E-state index is 12.5. The standard InChI is InChI=1S/C15H12F3NO2/c1-10-4-2-6-12(8-10)19-14(20)21-13-7-3-5-11(9-13)15(16,17)18/h2-9H,1H3,(H,19,20). The number of hydrogen-bond donors (Lipinski definition) is 1. The van der Waals surface area contributed by atoms with E-state index in [0.29, 0.717) is 5.69 Å². The van der Waals surface area contributed by atoms with Gasteiger partial charge in [0.15, 0.2) is 0 Å². The molecule has 2 aromatic carbocycles. The molecule has 0 aliphatic carbocycles. The summed E-state index contributed by atoms with van der Waals surface area (Å²) in [4.78, 5) is 11.6. The number of carbonyl (C=O) groups excluding carboxylic acids is 1. The van der Waals surface area contributed by atoms with Gasteiger partial charge in [0.1, 0.15) is 5.75 Å². The van der Waals surface area contributed by atoms with Crippen LogP contribution in [0, 0.1) is 6.92 Å². The Morgan fingerprint density at radius 2 is 1.81 bits per heavy atom. The molecule has 6 heteroatoms. The van der Waals surface area contributed by atoms with E-state index in [1.165, 1.54) is 12.1 Å². The third kappa shape index (κ3) is 4.24. The average molecular weight is 295 g/mol. The lowest BCUT2D eigenvalue weighted by Crippen LogP contribution is -2.17. The Bertz CT molecular complexity index is 653. The highest BCUT2D eigenvalue weighted by Crippen LogP contribution is 2.31. The highest BCUT2D eigenvalue weighted by atomic mass is 19.4. The quantitative estimate of drug-likeness (QED) is 0.877. The van der Waals surface area contributed by atoms with Crippen molar-refractivity contribution in [3.63, 3.8) is 0 Å². The van der Waals surface area contributed by atoms with Gasteiger partial charge in [-0.25, -0.2) is 4.79 Å². The highest BCUT2D eigenvalue weighted by Gasteiger charge is 2.30. The first-order chi connectivity index (χ1) is 9.84. The van der Waals surface area contributed by atoms with Gasteiger partial charge in [-0.05, 0) is 42.8 Å². The molecule has 0 aliphatic heterocycles. The molecule has 2 aromatic rings. The van der Waals surface area contributed by atoms with E-state index in [0.717, 1.165) is 17.7 Å². The maximum Gasteiger partial charge on any atom is 0.417 e. The Morgan fingerprint density at radius 3 is 2.48 bits per heavy atom. The second-order valence-corrected chi connectivity index (χ2v) is 4.41. The Labute approximate surface area is 119 Å². The van der Waals surface area contributed by atoms with Gasteiger partial charge >= 0.3 is 12.3 Å². The topological polar surface area (TPSA) is 38.3 Å². The SMILES string of the molecule is Cc1cccc(NC(=O)Oc2cccc(C(F)(F)F)c2)c1.